The summed E-state index contributed by atoms with van der Waals surface area (Å²) in [6.07, 6.45) is 5.00. The Balaban J connectivity index is 1.63. The number of rotatable bonds is 9. The molecule has 0 aliphatic heterocycles. The molecule has 0 fully saturated rings. The van der Waals surface area contributed by atoms with Crippen molar-refractivity contribution >= 4 is 44.4 Å². The summed E-state index contributed by atoms with van der Waals surface area (Å²) in [6.45, 7) is 5.23. The number of benzene rings is 3. The predicted molar refractivity (Wildman–Crippen MR) is 161 cm³/mol. The van der Waals surface area contributed by atoms with E-state index in [0.29, 0.717) is 17.3 Å². The van der Waals surface area contributed by atoms with Gasteiger partial charge in [0, 0.05) is 33.9 Å². The molecule has 41 heavy (non-hydrogen) atoms. The van der Waals surface area contributed by atoms with Crippen LogP contribution in [-0.2, 0) is 23.8 Å². The molecule has 2 heterocycles. The van der Waals surface area contributed by atoms with Crippen LogP contribution < -0.4 is 0 Å². The van der Waals surface area contributed by atoms with Crippen LogP contribution in [0.15, 0.2) is 88.4 Å². The molecule has 5 aromatic rings. The van der Waals surface area contributed by atoms with Crippen molar-refractivity contribution in [3.05, 3.63) is 107 Å². The number of hydrogen-bond acceptors (Lipinski definition) is 9. The van der Waals surface area contributed by atoms with E-state index in [1.807, 2.05) is 78.9 Å². The molecule has 8 nitrogen and oxygen atoms in total. The highest BCUT2D eigenvalue weighted by Crippen LogP contribution is 2.37. The molecule has 0 N–H and O–H groups in total. The molecule has 3 aromatic carbocycles. The van der Waals surface area contributed by atoms with Gasteiger partial charge >= 0.3 is 0 Å². The van der Waals surface area contributed by atoms with Crippen LogP contribution in [-0.4, -0.2) is 36.9 Å². The number of sulfone groups is 1. The smallest absolute Gasteiger partial charge is 0.258 e. The fourth-order valence-electron chi connectivity index (χ4n) is 4.38. The van der Waals surface area contributed by atoms with Crippen LogP contribution in [0.4, 0.5) is 0 Å². The molecule has 0 bridgehead atoms. The van der Waals surface area contributed by atoms with Gasteiger partial charge in [-0.05, 0) is 85.5 Å². The first kappa shape index (κ1) is 28.7. The third-order valence-corrected chi connectivity index (χ3v) is 9.72. The van der Waals surface area contributed by atoms with Gasteiger partial charge in [0.25, 0.3) is 5.89 Å². The second-order valence-electron chi connectivity index (χ2n) is 10.1. The second-order valence-corrected chi connectivity index (χ2v) is 13.4. The maximum atomic E-state index is 12.7. The van der Waals surface area contributed by atoms with Gasteiger partial charge in [-0.25, -0.2) is 13.3 Å². The lowest BCUT2D eigenvalue weighted by atomic mass is 9.92. The molecule has 5 rings (SSSR count). The van der Waals surface area contributed by atoms with Gasteiger partial charge in [-0.15, -0.1) is 0 Å². The van der Waals surface area contributed by atoms with E-state index in [1.54, 1.807) is 27.0 Å². The second kappa shape index (κ2) is 11.6. The Kier molecular flexibility index (Phi) is 8.10. The first-order valence-corrected chi connectivity index (χ1v) is 15.4. The van der Waals surface area contributed by atoms with Crippen LogP contribution in [0.3, 0.4) is 0 Å². The van der Waals surface area contributed by atoms with Crippen molar-refractivity contribution in [3.63, 3.8) is 0 Å². The van der Waals surface area contributed by atoms with E-state index in [4.69, 9.17) is 8.86 Å². The zero-order valence-corrected chi connectivity index (χ0v) is 24.9. The average Bonchev–Trinajstić information content (AvgIpc) is 3.40. The van der Waals surface area contributed by atoms with Crippen LogP contribution in [0.25, 0.3) is 33.7 Å². The normalized spacial score (nSPS) is 12.7. The lowest BCUT2D eigenvalue weighted by Crippen LogP contribution is -2.28. The van der Waals surface area contributed by atoms with Crippen LogP contribution in [0.5, 0.6) is 0 Å². The quantitative estimate of drug-likeness (QED) is 0.0776. The molecule has 0 saturated carbocycles. The van der Waals surface area contributed by atoms with E-state index in [-0.39, 0.29) is 0 Å². The van der Waals surface area contributed by atoms with Gasteiger partial charge in [0.15, 0.2) is 15.7 Å². The predicted octanol–water partition coefficient (Wildman–Crippen LogP) is 7.05. The Hall–Kier alpha value is -3.83. The summed E-state index contributed by atoms with van der Waals surface area (Å²) in [7, 11) is -1.93. The maximum absolute atomic E-state index is 12.7. The summed E-state index contributed by atoms with van der Waals surface area (Å²) >= 11 is 1.11. The Labute approximate surface area is 243 Å². The van der Waals surface area contributed by atoms with Gasteiger partial charge < -0.3 is 4.52 Å². The third kappa shape index (κ3) is 6.11. The van der Waals surface area contributed by atoms with Gasteiger partial charge in [0.05, 0.1) is 29.4 Å². The molecular weight excluding hydrogens is 558 g/mol. The Bertz CT molecular complexity index is 1850. The largest absolute Gasteiger partial charge is 0.334 e. The third-order valence-electron chi connectivity index (χ3n) is 6.96. The van der Waals surface area contributed by atoms with Crippen LogP contribution in [0.1, 0.15) is 42.3 Å². The first-order chi connectivity index (χ1) is 19.6. The fourth-order valence-corrected chi connectivity index (χ4v) is 5.31. The summed E-state index contributed by atoms with van der Waals surface area (Å²) in [5.74, 6) is 0.925. The summed E-state index contributed by atoms with van der Waals surface area (Å²) in [4.78, 5) is 14.7. The monoisotopic (exact) mass is 587 g/mol. The Morgan fingerprint density at radius 1 is 1.02 bits per heavy atom. The molecular formula is C31H29N3O5S2. The number of hydrogen-bond donors (Lipinski definition) is 0. The van der Waals surface area contributed by atoms with Crippen LogP contribution in [0, 0.1) is 6.92 Å². The lowest BCUT2D eigenvalue weighted by molar-refractivity contribution is -0.160. The van der Waals surface area contributed by atoms with Gasteiger partial charge in [-0.2, -0.15) is 9.32 Å². The Morgan fingerprint density at radius 3 is 2.49 bits per heavy atom. The number of nitrogens with zero attached hydrogens (tertiary/aromatic N) is 3. The molecule has 0 spiro atoms. The topological polar surface area (TPSA) is 104 Å². The van der Waals surface area contributed by atoms with Crippen molar-refractivity contribution in [2.75, 3.05) is 13.4 Å². The van der Waals surface area contributed by atoms with E-state index < -0.39 is 14.6 Å². The number of aryl methyl sites for hydroxylation is 1. The minimum atomic E-state index is -3.38. The molecule has 10 heteroatoms. The van der Waals surface area contributed by atoms with Crippen molar-refractivity contribution in [2.45, 2.75) is 30.4 Å². The van der Waals surface area contributed by atoms with Crippen molar-refractivity contribution in [3.8, 4) is 11.1 Å². The number of fused-ring (bicyclic) bond motifs is 1. The zero-order valence-electron chi connectivity index (χ0n) is 23.3. The van der Waals surface area contributed by atoms with Crippen molar-refractivity contribution in [1.29, 1.82) is 0 Å². The zero-order chi connectivity index (χ0) is 29.2. The molecule has 0 amide bonds. The molecule has 0 aliphatic rings. The summed E-state index contributed by atoms with van der Waals surface area (Å²) < 4.78 is 34.8. The van der Waals surface area contributed by atoms with Crippen molar-refractivity contribution in [2.24, 2.45) is 0 Å². The first-order valence-electron chi connectivity index (χ1n) is 12.8. The molecule has 0 aliphatic carbocycles. The van der Waals surface area contributed by atoms with Crippen molar-refractivity contribution in [1.82, 2.24) is 15.1 Å². The van der Waals surface area contributed by atoms with E-state index in [1.165, 1.54) is 13.4 Å². The molecule has 0 unspecified atom stereocenters. The Morgan fingerprint density at radius 2 is 1.80 bits per heavy atom. The van der Waals surface area contributed by atoms with Crippen LogP contribution in [0.2, 0.25) is 0 Å². The van der Waals surface area contributed by atoms with E-state index >= 15 is 0 Å². The number of pyridine rings is 1. The molecule has 0 saturated heterocycles. The molecule has 2 aromatic heterocycles. The van der Waals surface area contributed by atoms with Gasteiger partial charge in [-0.3, -0.25) is 4.98 Å². The molecule has 0 atom stereocenters. The highest BCUT2D eigenvalue weighted by molar-refractivity contribution is 7.94. The minimum absolute atomic E-state index is 0.394. The van der Waals surface area contributed by atoms with Gasteiger partial charge in [0.1, 0.15) is 0 Å². The summed E-state index contributed by atoms with van der Waals surface area (Å²) in [5.41, 5.74) is 5.77. The van der Waals surface area contributed by atoms with Crippen molar-refractivity contribution < 1.29 is 22.2 Å². The van der Waals surface area contributed by atoms with E-state index in [2.05, 4.69) is 20.0 Å². The summed E-state index contributed by atoms with van der Waals surface area (Å²) in [5, 5.41) is 4.86. The lowest BCUT2D eigenvalue weighted by Gasteiger charge is -2.24. The number of aromatic nitrogens is 3. The van der Waals surface area contributed by atoms with E-state index in [0.717, 1.165) is 55.7 Å². The van der Waals surface area contributed by atoms with Crippen LogP contribution >= 0.6 is 12.0 Å². The van der Waals surface area contributed by atoms with E-state index in [9.17, 15) is 8.42 Å². The minimum Gasteiger partial charge on any atom is -0.334 e. The summed E-state index contributed by atoms with van der Waals surface area (Å²) in [6, 6.07) is 23.4. The van der Waals surface area contributed by atoms with Gasteiger partial charge in [-0.1, -0.05) is 41.6 Å². The maximum Gasteiger partial charge on any atom is 0.258 e. The molecule has 210 valence electrons. The highest BCUT2D eigenvalue weighted by Gasteiger charge is 2.33. The fraction of sp³-hybridized carbons (Fsp3) is 0.194. The van der Waals surface area contributed by atoms with Gasteiger partial charge in [0.2, 0.25) is 0 Å². The molecule has 0 radical (unpaired) electrons. The SMILES string of the molecule is COOSc1ccc(/C(=C/c2cccc(-c3cc(C(C)(C)S(C)(=O)=O)cc4cccnc34)c2)c2nc(C)no2)cc1. The standard InChI is InChI=1S/C31H29N3O5S2/c1-20-33-30(38-34-20)28(22-11-13-26(14-12-22)40-39-37-4)17-21-8-6-9-23(16-21)27-19-25(31(2,3)41(5,35)36)18-24-10-7-15-32-29(24)27/h6-19H,1-5H3/b28-17-. The average molecular weight is 588 g/mol. The highest BCUT2D eigenvalue weighted by atomic mass is 32.2.